The molecule has 0 fully saturated rings. The number of carbonyl (C=O) groups is 2. The first kappa shape index (κ1) is 17.9. The van der Waals surface area contributed by atoms with Crippen LogP contribution in [0.5, 0.6) is 0 Å². The van der Waals surface area contributed by atoms with Crippen molar-refractivity contribution >= 4 is 23.2 Å². The van der Waals surface area contributed by atoms with Crippen molar-refractivity contribution in [3.63, 3.8) is 0 Å². The molecule has 0 saturated heterocycles. The van der Waals surface area contributed by atoms with Crippen molar-refractivity contribution in [3.05, 3.63) is 24.0 Å². The van der Waals surface area contributed by atoms with E-state index in [0.717, 1.165) is 0 Å². The quantitative estimate of drug-likeness (QED) is 0.783. The zero-order chi connectivity index (χ0) is 16.9. The van der Waals surface area contributed by atoms with Gasteiger partial charge in [-0.05, 0) is 32.0 Å². The highest BCUT2D eigenvalue weighted by Gasteiger charge is 2.21. The van der Waals surface area contributed by atoms with E-state index in [-0.39, 0.29) is 18.5 Å². The van der Waals surface area contributed by atoms with Crippen LogP contribution in [0.3, 0.4) is 0 Å². The molecule has 6 heteroatoms. The molecular weight excluding hydrogens is 285 g/mol. The van der Waals surface area contributed by atoms with Crippen LogP contribution in [-0.4, -0.2) is 24.4 Å². The SMILES string of the molecule is CC(C)Nc1ccc(F)cc1NC(=O)CNC(=O)C(C)(C)C. The Balaban J connectivity index is 2.71. The minimum atomic E-state index is -0.566. The van der Waals surface area contributed by atoms with Crippen LogP contribution in [-0.2, 0) is 9.59 Å². The second kappa shape index (κ2) is 7.24. The molecule has 0 heterocycles. The highest BCUT2D eigenvalue weighted by Crippen LogP contribution is 2.23. The number of rotatable bonds is 5. The third kappa shape index (κ3) is 5.71. The largest absolute Gasteiger partial charge is 0.381 e. The van der Waals surface area contributed by atoms with Crippen LogP contribution in [0.25, 0.3) is 0 Å². The first-order valence-electron chi connectivity index (χ1n) is 7.24. The molecule has 0 aliphatic carbocycles. The standard InChI is InChI=1S/C16H24FN3O2/c1-10(2)19-12-7-6-11(17)8-13(12)20-14(21)9-18-15(22)16(3,4)5/h6-8,10,19H,9H2,1-5H3,(H,18,22)(H,20,21). The smallest absolute Gasteiger partial charge is 0.243 e. The Morgan fingerprint density at radius 2 is 1.82 bits per heavy atom. The Labute approximate surface area is 130 Å². The maximum absolute atomic E-state index is 13.4. The lowest BCUT2D eigenvalue weighted by Gasteiger charge is -2.18. The number of carbonyl (C=O) groups excluding carboxylic acids is 2. The van der Waals surface area contributed by atoms with Crippen molar-refractivity contribution < 1.29 is 14.0 Å². The van der Waals surface area contributed by atoms with Gasteiger partial charge in [0.2, 0.25) is 11.8 Å². The van der Waals surface area contributed by atoms with Crippen molar-refractivity contribution in [2.75, 3.05) is 17.2 Å². The number of halogens is 1. The van der Waals surface area contributed by atoms with Gasteiger partial charge in [-0.1, -0.05) is 20.8 Å². The van der Waals surface area contributed by atoms with Gasteiger partial charge in [0.1, 0.15) is 5.82 Å². The summed E-state index contributed by atoms with van der Waals surface area (Å²) in [7, 11) is 0. The molecule has 0 aliphatic rings. The van der Waals surface area contributed by atoms with Crippen molar-refractivity contribution in [1.29, 1.82) is 0 Å². The summed E-state index contributed by atoms with van der Waals surface area (Å²) in [5, 5.41) is 8.29. The van der Waals surface area contributed by atoms with Crippen molar-refractivity contribution in [2.24, 2.45) is 5.41 Å². The van der Waals surface area contributed by atoms with Crippen molar-refractivity contribution in [2.45, 2.75) is 40.7 Å². The summed E-state index contributed by atoms with van der Waals surface area (Å²) in [5.41, 5.74) is 0.416. The molecule has 0 radical (unpaired) electrons. The van der Waals surface area contributed by atoms with Gasteiger partial charge in [-0.25, -0.2) is 4.39 Å². The molecule has 0 bridgehead atoms. The van der Waals surface area contributed by atoms with Gasteiger partial charge in [-0.2, -0.15) is 0 Å². The Kier molecular flexibility index (Phi) is 5.91. The molecule has 3 N–H and O–H groups in total. The normalized spacial score (nSPS) is 11.2. The number of hydrogen-bond donors (Lipinski definition) is 3. The van der Waals surface area contributed by atoms with Gasteiger partial charge in [0.25, 0.3) is 0 Å². The summed E-state index contributed by atoms with van der Waals surface area (Å²) in [6.45, 7) is 9.01. The van der Waals surface area contributed by atoms with Gasteiger partial charge in [0.05, 0.1) is 17.9 Å². The lowest BCUT2D eigenvalue weighted by atomic mass is 9.96. The average molecular weight is 309 g/mol. The summed E-state index contributed by atoms with van der Waals surface area (Å²) in [6.07, 6.45) is 0. The maximum atomic E-state index is 13.4. The molecule has 0 atom stereocenters. The Morgan fingerprint density at radius 3 is 2.36 bits per heavy atom. The van der Waals surface area contributed by atoms with E-state index in [1.807, 2.05) is 13.8 Å². The van der Waals surface area contributed by atoms with Crippen LogP contribution in [0, 0.1) is 11.2 Å². The molecule has 122 valence electrons. The lowest BCUT2D eigenvalue weighted by molar-refractivity contribution is -0.130. The molecular formula is C16H24FN3O2. The van der Waals surface area contributed by atoms with Crippen molar-refractivity contribution in [1.82, 2.24) is 5.32 Å². The van der Waals surface area contributed by atoms with Crippen LogP contribution in [0.15, 0.2) is 18.2 Å². The van der Waals surface area contributed by atoms with Crippen LogP contribution in [0.2, 0.25) is 0 Å². The van der Waals surface area contributed by atoms with E-state index < -0.39 is 17.1 Å². The minimum absolute atomic E-state index is 0.140. The predicted molar refractivity (Wildman–Crippen MR) is 86.3 cm³/mol. The fourth-order valence-electron chi connectivity index (χ4n) is 1.68. The first-order valence-corrected chi connectivity index (χ1v) is 7.24. The number of nitrogens with one attached hydrogen (secondary N) is 3. The zero-order valence-electron chi connectivity index (χ0n) is 13.7. The van der Waals surface area contributed by atoms with E-state index >= 15 is 0 Å². The first-order chi connectivity index (χ1) is 10.1. The van der Waals surface area contributed by atoms with Gasteiger partial charge in [0, 0.05) is 11.5 Å². The van der Waals surface area contributed by atoms with E-state index in [4.69, 9.17) is 0 Å². The zero-order valence-corrected chi connectivity index (χ0v) is 13.7. The molecule has 1 aromatic carbocycles. The molecule has 0 aromatic heterocycles. The summed E-state index contributed by atoms with van der Waals surface area (Å²) in [4.78, 5) is 23.6. The summed E-state index contributed by atoms with van der Waals surface area (Å²) < 4.78 is 13.4. The van der Waals surface area contributed by atoms with Gasteiger partial charge in [-0.3, -0.25) is 9.59 Å². The molecule has 0 saturated carbocycles. The Hall–Kier alpha value is -2.11. The number of hydrogen-bond acceptors (Lipinski definition) is 3. The van der Waals surface area contributed by atoms with Gasteiger partial charge in [-0.15, -0.1) is 0 Å². The van der Waals surface area contributed by atoms with Gasteiger partial charge >= 0.3 is 0 Å². The fourth-order valence-corrected chi connectivity index (χ4v) is 1.68. The van der Waals surface area contributed by atoms with E-state index in [2.05, 4.69) is 16.0 Å². The third-order valence-electron chi connectivity index (χ3n) is 2.79. The summed E-state index contributed by atoms with van der Waals surface area (Å²) >= 11 is 0. The van der Waals surface area contributed by atoms with E-state index in [0.29, 0.717) is 11.4 Å². The maximum Gasteiger partial charge on any atom is 0.243 e. The molecule has 0 spiro atoms. The topological polar surface area (TPSA) is 70.2 Å². The third-order valence-corrected chi connectivity index (χ3v) is 2.79. The lowest BCUT2D eigenvalue weighted by Crippen LogP contribution is -2.39. The van der Waals surface area contributed by atoms with Crippen LogP contribution in [0.4, 0.5) is 15.8 Å². The van der Waals surface area contributed by atoms with Crippen LogP contribution >= 0.6 is 0 Å². The second-order valence-corrected chi connectivity index (χ2v) is 6.47. The fraction of sp³-hybridized carbons (Fsp3) is 0.500. The number of benzene rings is 1. The highest BCUT2D eigenvalue weighted by atomic mass is 19.1. The molecule has 1 aromatic rings. The molecule has 22 heavy (non-hydrogen) atoms. The molecule has 0 aliphatic heterocycles. The highest BCUT2D eigenvalue weighted by molar-refractivity contribution is 5.97. The van der Waals surface area contributed by atoms with Crippen LogP contribution in [0.1, 0.15) is 34.6 Å². The Bertz CT molecular complexity index is 551. The number of amides is 2. The van der Waals surface area contributed by atoms with Crippen LogP contribution < -0.4 is 16.0 Å². The predicted octanol–water partition coefficient (Wildman–Crippen LogP) is 2.75. The van der Waals surface area contributed by atoms with Gasteiger partial charge in [0.15, 0.2) is 0 Å². The minimum Gasteiger partial charge on any atom is -0.381 e. The average Bonchev–Trinajstić information content (AvgIpc) is 2.37. The molecule has 2 amide bonds. The summed E-state index contributed by atoms with van der Waals surface area (Å²) in [6, 6.07) is 4.27. The summed E-state index contributed by atoms with van der Waals surface area (Å²) in [5.74, 6) is -1.07. The van der Waals surface area contributed by atoms with E-state index in [9.17, 15) is 14.0 Å². The Morgan fingerprint density at radius 1 is 1.18 bits per heavy atom. The van der Waals surface area contributed by atoms with E-state index in [1.54, 1.807) is 26.8 Å². The molecule has 1 rings (SSSR count). The molecule has 0 unspecified atom stereocenters. The van der Waals surface area contributed by atoms with Gasteiger partial charge < -0.3 is 16.0 Å². The second-order valence-electron chi connectivity index (χ2n) is 6.47. The van der Waals surface area contributed by atoms with Crippen molar-refractivity contribution in [3.8, 4) is 0 Å². The van der Waals surface area contributed by atoms with E-state index in [1.165, 1.54) is 12.1 Å². The monoisotopic (exact) mass is 309 g/mol. The number of anilines is 2. The molecule has 5 nitrogen and oxygen atoms in total.